The number of aliphatic hydroxyl groups is 2. The first kappa shape index (κ1) is 13.1. The molecule has 0 amide bonds. The third-order valence-electron chi connectivity index (χ3n) is 2.17. The van der Waals surface area contributed by atoms with Gasteiger partial charge in [-0.25, -0.2) is 0 Å². The van der Waals surface area contributed by atoms with Gasteiger partial charge in [-0.3, -0.25) is 4.90 Å². The van der Waals surface area contributed by atoms with Gasteiger partial charge >= 0.3 is 0 Å². The largest absolute Gasteiger partial charge is 0.395 e. The van der Waals surface area contributed by atoms with Crippen LogP contribution in [-0.2, 0) is 13.0 Å². The first-order valence-electron chi connectivity index (χ1n) is 5.55. The minimum atomic E-state index is 0.0552. The summed E-state index contributed by atoms with van der Waals surface area (Å²) < 4.78 is 5.05. The van der Waals surface area contributed by atoms with Crippen molar-refractivity contribution in [1.82, 2.24) is 15.0 Å². The molecule has 0 saturated heterocycles. The van der Waals surface area contributed by atoms with Gasteiger partial charge in [0.1, 0.15) is 0 Å². The van der Waals surface area contributed by atoms with Gasteiger partial charge in [-0.15, -0.1) is 0 Å². The van der Waals surface area contributed by atoms with Gasteiger partial charge in [0.05, 0.1) is 19.8 Å². The van der Waals surface area contributed by atoms with Crippen LogP contribution in [0.25, 0.3) is 0 Å². The Morgan fingerprint density at radius 2 is 1.94 bits per heavy atom. The van der Waals surface area contributed by atoms with E-state index in [1.165, 1.54) is 0 Å². The molecule has 1 aromatic rings. The molecule has 6 nitrogen and oxygen atoms in total. The zero-order chi connectivity index (χ0) is 11.8. The lowest BCUT2D eigenvalue weighted by Gasteiger charge is -2.17. The number of aromatic nitrogens is 2. The van der Waals surface area contributed by atoms with Gasteiger partial charge in [-0.05, 0) is 6.42 Å². The second-order valence-corrected chi connectivity index (χ2v) is 3.58. The minimum absolute atomic E-state index is 0.0552. The van der Waals surface area contributed by atoms with Gasteiger partial charge in [-0.2, -0.15) is 4.98 Å². The summed E-state index contributed by atoms with van der Waals surface area (Å²) in [4.78, 5) is 6.10. The first-order valence-corrected chi connectivity index (χ1v) is 5.55. The van der Waals surface area contributed by atoms with Gasteiger partial charge in [0.25, 0.3) is 0 Å². The van der Waals surface area contributed by atoms with Crippen LogP contribution in [0.15, 0.2) is 4.52 Å². The normalized spacial score (nSPS) is 11.2. The van der Waals surface area contributed by atoms with Crippen molar-refractivity contribution in [3.8, 4) is 0 Å². The van der Waals surface area contributed by atoms with Gasteiger partial charge in [0.2, 0.25) is 5.89 Å². The lowest BCUT2D eigenvalue weighted by atomic mass is 10.3. The third-order valence-corrected chi connectivity index (χ3v) is 2.17. The molecule has 0 unspecified atom stereocenters. The molecule has 0 aromatic carbocycles. The summed E-state index contributed by atoms with van der Waals surface area (Å²) in [7, 11) is 0. The van der Waals surface area contributed by atoms with E-state index < -0.39 is 0 Å². The summed E-state index contributed by atoms with van der Waals surface area (Å²) in [5.74, 6) is 1.25. The average molecular weight is 229 g/mol. The molecule has 0 fully saturated rings. The Bertz CT molecular complexity index is 285. The number of rotatable bonds is 8. The van der Waals surface area contributed by atoms with Crippen molar-refractivity contribution in [3.05, 3.63) is 11.7 Å². The van der Waals surface area contributed by atoms with E-state index >= 15 is 0 Å². The van der Waals surface area contributed by atoms with Crippen LogP contribution in [0.2, 0.25) is 0 Å². The van der Waals surface area contributed by atoms with E-state index in [0.717, 1.165) is 12.8 Å². The van der Waals surface area contributed by atoms with E-state index in [-0.39, 0.29) is 13.2 Å². The Hall–Kier alpha value is -0.980. The fourth-order valence-corrected chi connectivity index (χ4v) is 1.42. The summed E-state index contributed by atoms with van der Waals surface area (Å²) >= 11 is 0. The molecule has 2 N–H and O–H groups in total. The number of aliphatic hydroxyl groups excluding tert-OH is 2. The number of nitrogens with zero attached hydrogens (tertiary/aromatic N) is 3. The van der Waals surface area contributed by atoms with Crippen molar-refractivity contribution in [2.24, 2.45) is 0 Å². The van der Waals surface area contributed by atoms with Crippen molar-refractivity contribution in [1.29, 1.82) is 0 Å². The average Bonchev–Trinajstić information content (AvgIpc) is 2.67. The molecule has 0 atom stereocenters. The molecule has 16 heavy (non-hydrogen) atoms. The summed E-state index contributed by atoms with van der Waals surface area (Å²) in [6.07, 6.45) is 1.76. The van der Waals surface area contributed by atoms with Crippen molar-refractivity contribution in [3.63, 3.8) is 0 Å². The standard InChI is InChI=1S/C10H19N3O3/c1-2-3-10-11-9(12-16-10)8-13(4-6-14)5-7-15/h14-15H,2-8H2,1H3. The summed E-state index contributed by atoms with van der Waals surface area (Å²) in [6, 6.07) is 0. The van der Waals surface area contributed by atoms with E-state index in [4.69, 9.17) is 14.7 Å². The molecular weight excluding hydrogens is 210 g/mol. The highest BCUT2D eigenvalue weighted by atomic mass is 16.5. The minimum Gasteiger partial charge on any atom is -0.395 e. The Morgan fingerprint density at radius 1 is 1.25 bits per heavy atom. The molecule has 1 rings (SSSR count). The second-order valence-electron chi connectivity index (χ2n) is 3.58. The molecule has 1 aromatic heterocycles. The van der Waals surface area contributed by atoms with Crippen molar-refractivity contribution in [2.75, 3.05) is 26.3 Å². The van der Waals surface area contributed by atoms with E-state index in [0.29, 0.717) is 31.3 Å². The number of hydrogen-bond acceptors (Lipinski definition) is 6. The molecule has 1 heterocycles. The zero-order valence-corrected chi connectivity index (χ0v) is 9.59. The Balaban J connectivity index is 2.48. The molecular formula is C10H19N3O3. The van der Waals surface area contributed by atoms with E-state index in [1.807, 2.05) is 11.8 Å². The molecule has 92 valence electrons. The molecule has 0 aliphatic rings. The van der Waals surface area contributed by atoms with Crippen LogP contribution in [0.3, 0.4) is 0 Å². The van der Waals surface area contributed by atoms with Gasteiger partial charge < -0.3 is 14.7 Å². The van der Waals surface area contributed by atoms with E-state index in [1.54, 1.807) is 0 Å². The van der Waals surface area contributed by atoms with Crippen LogP contribution in [0.5, 0.6) is 0 Å². The third kappa shape index (κ3) is 4.26. The SMILES string of the molecule is CCCc1nc(CN(CCO)CCO)no1. The number of hydrogen-bond donors (Lipinski definition) is 2. The molecule has 0 radical (unpaired) electrons. The molecule has 6 heteroatoms. The quantitative estimate of drug-likeness (QED) is 0.643. The van der Waals surface area contributed by atoms with E-state index in [9.17, 15) is 0 Å². The Kier molecular flexibility index (Phi) is 5.99. The number of aryl methyl sites for hydroxylation is 1. The predicted molar refractivity (Wildman–Crippen MR) is 57.7 cm³/mol. The van der Waals surface area contributed by atoms with Crippen LogP contribution in [-0.4, -0.2) is 51.6 Å². The Morgan fingerprint density at radius 3 is 2.50 bits per heavy atom. The highest BCUT2D eigenvalue weighted by molar-refractivity contribution is 4.86. The van der Waals surface area contributed by atoms with Gasteiger partial charge in [-0.1, -0.05) is 12.1 Å². The highest BCUT2D eigenvalue weighted by Crippen LogP contribution is 2.03. The maximum atomic E-state index is 8.84. The lowest BCUT2D eigenvalue weighted by molar-refractivity contribution is 0.152. The summed E-state index contributed by atoms with van der Waals surface area (Å²) in [5, 5.41) is 21.5. The molecule has 0 saturated carbocycles. The predicted octanol–water partition coefficient (Wildman–Crippen LogP) is -0.191. The lowest BCUT2D eigenvalue weighted by Crippen LogP contribution is -2.29. The maximum absolute atomic E-state index is 8.84. The first-order chi connectivity index (χ1) is 7.80. The fraction of sp³-hybridized carbons (Fsp3) is 0.800. The van der Waals surface area contributed by atoms with Gasteiger partial charge in [0, 0.05) is 19.5 Å². The van der Waals surface area contributed by atoms with Crippen LogP contribution in [0, 0.1) is 0 Å². The Labute approximate surface area is 94.9 Å². The monoisotopic (exact) mass is 229 g/mol. The summed E-state index contributed by atoms with van der Waals surface area (Å²) in [5.41, 5.74) is 0. The van der Waals surface area contributed by atoms with Crippen LogP contribution < -0.4 is 0 Å². The highest BCUT2D eigenvalue weighted by Gasteiger charge is 2.10. The van der Waals surface area contributed by atoms with Crippen molar-refractivity contribution >= 4 is 0 Å². The van der Waals surface area contributed by atoms with Crippen LogP contribution in [0.1, 0.15) is 25.1 Å². The smallest absolute Gasteiger partial charge is 0.226 e. The molecule has 0 aliphatic carbocycles. The van der Waals surface area contributed by atoms with E-state index in [2.05, 4.69) is 10.1 Å². The summed E-state index contributed by atoms with van der Waals surface area (Å²) in [6.45, 7) is 3.65. The second kappa shape index (κ2) is 7.32. The topological polar surface area (TPSA) is 82.6 Å². The fourth-order valence-electron chi connectivity index (χ4n) is 1.42. The van der Waals surface area contributed by atoms with Crippen molar-refractivity contribution < 1.29 is 14.7 Å². The van der Waals surface area contributed by atoms with Crippen LogP contribution >= 0.6 is 0 Å². The van der Waals surface area contributed by atoms with Crippen molar-refractivity contribution in [2.45, 2.75) is 26.3 Å². The zero-order valence-electron chi connectivity index (χ0n) is 9.59. The maximum Gasteiger partial charge on any atom is 0.226 e. The van der Waals surface area contributed by atoms with Crippen LogP contribution in [0.4, 0.5) is 0 Å². The molecule has 0 aliphatic heterocycles. The molecule has 0 spiro atoms. The molecule has 0 bridgehead atoms. The van der Waals surface area contributed by atoms with Gasteiger partial charge in [0.15, 0.2) is 5.82 Å².